The lowest BCUT2D eigenvalue weighted by molar-refractivity contribution is -0.115. The van der Waals surface area contributed by atoms with E-state index in [1.54, 1.807) is 24.3 Å². The van der Waals surface area contributed by atoms with E-state index in [0.717, 1.165) is 10.3 Å². The average Bonchev–Trinajstić information content (AvgIpc) is 2.61. The molecule has 0 saturated carbocycles. The quantitative estimate of drug-likeness (QED) is 0.632. The molecule has 0 aliphatic rings. The van der Waals surface area contributed by atoms with Crippen LogP contribution in [0, 0.1) is 0 Å². The van der Waals surface area contributed by atoms with Gasteiger partial charge in [-0.05, 0) is 48.0 Å². The van der Waals surface area contributed by atoms with Crippen molar-refractivity contribution < 1.29 is 9.59 Å². The molecule has 132 valence electrons. The maximum absolute atomic E-state index is 12.5. The molecule has 0 saturated heterocycles. The van der Waals surface area contributed by atoms with E-state index in [2.05, 4.69) is 34.9 Å². The van der Waals surface area contributed by atoms with Gasteiger partial charge in [0.1, 0.15) is 0 Å². The normalized spacial score (nSPS) is 11.8. The summed E-state index contributed by atoms with van der Waals surface area (Å²) in [6.07, 6.45) is 0. The van der Waals surface area contributed by atoms with Gasteiger partial charge >= 0.3 is 0 Å². The Kier molecular flexibility index (Phi) is 5.58. The highest BCUT2D eigenvalue weighted by Gasteiger charge is 2.15. The molecule has 3 aromatic rings. The van der Waals surface area contributed by atoms with Crippen molar-refractivity contribution in [2.75, 3.05) is 10.6 Å². The number of thioether (sulfide) groups is 1. The van der Waals surface area contributed by atoms with Crippen molar-refractivity contribution >= 4 is 45.7 Å². The van der Waals surface area contributed by atoms with Gasteiger partial charge in [-0.25, -0.2) is 0 Å². The van der Waals surface area contributed by atoms with Crippen LogP contribution in [0.25, 0.3) is 10.8 Å². The maximum Gasteiger partial charge on any atom is 0.237 e. The molecule has 26 heavy (non-hydrogen) atoms. The third-order valence-corrected chi connectivity index (χ3v) is 4.95. The summed E-state index contributed by atoms with van der Waals surface area (Å²) in [4.78, 5) is 24.7. The van der Waals surface area contributed by atoms with Crippen LogP contribution in [0.15, 0.2) is 71.6 Å². The first-order chi connectivity index (χ1) is 12.5. The Bertz CT molecular complexity index is 955. The second-order valence-corrected chi connectivity index (χ2v) is 7.43. The van der Waals surface area contributed by atoms with E-state index in [1.807, 2.05) is 25.1 Å². The fraction of sp³-hybridized carbons (Fsp3) is 0.143. The van der Waals surface area contributed by atoms with Crippen molar-refractivity contribution in [2.45, 2.75) is 24.0 Å². The molecule has 1 unspecified atom stereocenters. The van der Waals surface area contributed by atoms with Gasteiger partial charge in [-0.1, -0.05) is 36.4 Å². The number of anilines is 2. The zero-order valence-electron chi connectivity index (χ0n) is 14.7. The minimum Gasteiger partial charge on any atom is -0.326 e. The minimum atomic E-state index is -0.249. The second kappa shape index (κ2) is 8.06. The van der Waals surface area contributed by atoms with Crippen molar-refractivity contribution in [3.05, 3.63) is 66.7 Å². The molecule has 0 aliphatic carbocycles. The zero-order chi connectivity index (χ0) is 18.5. The first-order valence-corrected chi connectivity index (χ1v) is 9.23. The molecule has 1 atom stereocenters. The van der Waals surface area contributed by atoms with Crippen LogP contribution in [0.4, 0.5) is 11.4 Å². The standard InChI is InChI=1S/C21H20N2O2S/c1-14(26-20-11-10-16-6-3-4-7-17(16)12-20)21(25)23-19-9-5-8-18(13-19)22-15(2)24/h3-14H,1-2H3,(H,22,24)(H,23,25). The van der Waals surface area contributed by atoms with Crippen molar-refractivity contribution in [1.29, 1.82) is 0 Å². The topological polar surface area (TPSA) is 58.2 Å². The molecule has 0 fully saturated rings. The summed E-state index contributed by atoms with van der Waals surface area (Å²) in [5.41, 5.74) is 1.32. The molecule has 0 aromatic heterocycles. The molecule has 3 rings (SSSR count). The van der Waals surface area contributed by atoms with Crippen LogP contribution in [0.2, 0.25) is 0 Å². The lowest BCUT2D eigenvalue weighted by Crippen LogP contribution is -2.22. The number of benzene rings is 3. The van der Waals surface area contributed by atoms with E-state index in [9.17, 15) is 9.59 Å². The first kappa shape index (κ1) is 18.0. The lowest BCUT2D eigenvalue weighted by atomic mass is 10.1. The molecule has 0 aliphatic heterocycles. The average molecular weight is 364 g/mol. The lowest BCUT2D eigenvalue weighted by Gasteiger charge is -2.13. The maximum atomic E-state index is 12.5. The largest absolute Gasteiger partial charge is 0.326 e. The van der Waals surface area contributed by atoms with Crippen LogP contribution in [-0.2, 0) is 9.59 Å². The van der Waals surface area contributed by atoms with Crippen LogP contribution in [-0.4, -0.2) is 17.1 Å². The minimum absolute atomic E-state index is 0.0804. The molecule has 4 nitrogen and oxygen atoms in total. The predicted octanol–water partition coefficient (Wildman–Crippen LogP) is 4.92. The first-order valence-electron chi connectivity index (χ1n) is 8.35. The Hall–Kier alpha value is -2.79. The van der Waals surface area contributed by atoms with Crippen molar-refractivity contribution in [1.82, 2.24) is 0 Å². The van der Waals surface area contributed by atoms with Crippen LogP contribution in [0.1, 0.15) is 13.8 Å². The van der Waals surface area contributed by atoms with Crippen LogP contribution >= 0.6 is 11.8 Å². The summed E-state index contributed by atoms with van der Waals surface area (Å²) < 4.78 is 0. The zero-order valence-corrected chi connectivity index (χ0v) is 15.5. The van der Waals surface area contributed by atoms with Crippen LogP contribution in [0.3, 0.4) is 0 Å². The van der Waals surface area contributed by atoms with Gasteiger partial charge in [0.25, 0.3) is 0 Å². The molecule has 0 heterocycles. The van der Waals surface area contributed by atoms with Crippen molar-refractivity contribution in [2.24, 2.45) is 0 Å². The summed E-state index contributed by atoms with van der Waals surface area (Å²) in [5, 5.41) is 7.71. The van der Waals surface area contributed by atoms with Gasteiger partial charge in [-0.15, -0.1) is 11.8 Å². The molecule has 5 heteroatoms. The van der Waals surface area contributed by atoms with Crippen LogP contribution < -0.4 is 10.6 Å². The van der Waals surface area contributed by atoms with E-state index in [-0.39, 0.29) is 17.1 Å². The highest BCUT2D eigenvalue weighted by molar-refractivity contribution is 8.00. The summed E-state index contributed by atoms with van der Waals surface area (Å²) in [6, 6.07) is 21.5. The number of nitrogens with one attached hydrogen (secondary N) is 2. The van der Waals surface area contributed by atoms with Crippen LogP contribution in [0.5, 0.6) is 0 Å². The summed E-state index contributed by atoms with van der Waals surface area (Å²) >= 11 is 1.52. The van der Waals surface area contributed by atoms with Gasteiger partial charge in [0, 0.05) is 23.2 Å². The Morgan fingerprint density at radius 3 is 2.27 bits per heavy atom. The summed E-state index contributed by atoms with van der Waals surface area (Å²) in [6.45, 7) is 3.33. The number of rotatable bonds is 5. The van der Waals surface area contributed by atoms with Gasteiger partial charge in [-0.2, -0.15) is 0 Å². The van der Waals surface area contributed by atoms with Crippen molar-refractivity contribution in [3.63, 3.8) is 0 Å². The third kappa shape index (κ3) is 4.64. The number of hydrogen-bond acceptors (Lipinski definition) is 3. The molecule has 0 bridgehead atoms. The Morgan fingerprint density at radius 1 is 0.846 bits per heavy atom. The monoisotopic (exact) mass is 364 g/mol. The molecule has 2 N–H and O–H groups in total. The van der Waals surface area contributed by atoms with E-state index < -0.39 is 0 Å². The van der Waals surface area contributed by atoms with E-state index >= 15 is 0 Å². The van der Waals surface area contributed by atoms with Gasteiger partial charge < -0.3 is 10.6 Å². The molecule has 0 spiro atoms. The summed E-state index contributed by atoms with van der Waals surface area (Å²) in [5.74, 6) is -0.225. The SMILES string of the molecule is CC(=O)Nc1cccc(NC(=O)C(C)Sc2ccc3ccccc3c2)c1. The smallest absolute Gasteiger partial charge is 0.237 e. The number of fused-ring (bicyclic) bond motifs is 1. The molecular weight excluding hydrogens is 344 g/mol. The molecular formula is C21H20N2O2S. The molecule has 2 amide bonds. The predicted molar refractivity (Wildman–Crippen MR) is 109 cm³/mol. The fourth-order valence-corrected chi connectivity index (χ4v) is 3.54. The number of carbonyl (C=O) groups excluding carboxylic acids is 2. The number of carbonyl (C=O) groups is 2. The highest BCUT2D eigenvalue weighted by Crippen LogP contribution is 2.28. The fourth-order valence-electron chi connectivity index (χ4n) is 2.62. The number of amides is 2. The van der Waals surface area contributed by atoms with Gasteiger partial charge in [0.2, 0.25) is 11.8 Å². The summed E-state index contributed by atoms with van der Waals surface area (Å²) in [7, 11) is 0. The van der Waals surface area contributed by atoms with E-state index in [4.69, 9.17) is 0 Å². The van der Waals surface area contributed by atoms with Gasteiger partial charge in [0.05, 0.1) is 5.25 Å². The second-order valence-electron chi connectivity index (χ2n) is 6.02. The molecule has 3 aromatic carbocycles. The Labute approximate surface area is 157 Å². The van der Waals surface area contributed by atoms with Gasteiger partial charge in [0.15, 0.2) is 0 Å². The van der Waals surface area contributed by atoms with E-state index in [1.165, 1.54) is 24.1 Å². The Balaban J connectivity index is 1.66. The molecule has 0 radical (unpaired) electrons. The third-order valence-electron chi connectivity index (χ3n) is 3.85. The number of hydrogen-bond donors (Lipinski definition) is 2. The van der Waals surface area contributed by atoms with Gasteiger partial charge in [-0.3, -0.25) is 9.59 Å². The highest BCUT2D eigenvalue weighted by atomic mass is 32.2. The van der Waals surface area contributed by atoms with Crippen molar-refractivity contribution in [3.8, 4) is 0 Å². The Morgan fingerprint density at radius 2 is 1.54 bits per heavy atom. The van der Waals surface area contributed by atoms with E-state index in [0.29, 0.717) is 11.4 Å².